The maximum absolute atomic E-state index is 11.9. The van der Waals surface area contributed by atoms with Gasteiger partial charge >= 0.3 is 0 Å². The van der Waals surface area contributed by atoms with E-state index in [1.165, 1.54) is 11.8 Å². The van der Waals surface area contributed by atoms with Crippen LogP contribution < -0.4 is 10.1 Å². The van der Waals surface area contributed by atoms with Gasteiger partial charge in [-0.25, -0.2) is 0 Å². The summed E-state index contributed by atoms with van der Waals surface area (Å²) in [6, 6.07) is 9.19. The fourth-order valence-corrected chi connectivity index (χ4v) is 2.30. The SMILES string of the molecule is CC[C@H](C#N)NC(=O)[C@@H](C)Sc1ccc(OC)cc1. The zero-order valence-electron chi connectivity index (χ0n) is 11.3. The third-order valence-electron chi connectivity index (χ3n) is 2.62. The molecule has 4 nitrogen and oxygen atoms in total. The molecule has 0 aromatic heterocycles. The minimum Gasteiger partial charge on any atom is -0.497 e. The van der Waals surface area contributed by atoms with Crippen LogP contribution in [-0.4, -0.2) is 24.3 Å². The lowest BCUT2D eigenvalue weighted by molar-refractivity contribution is -0.120. The third-order valence-corrected chi connectivity index (χ3v) is 3.73. The van der Waals surface area contributed by atoms with Gasteiger partial charge in [-0.1, -0.05) is 6.92 Å². The molecule has 0 fully saturated rings. The second-order valence-electron chi connectivity index (χ2n) is 4.03. The van der Waals surface area contributed by atoms with Crippen molar-refractivity contribution >= 4 is 17.7 Å². The molecule has 0 saturated heterocycles. The standard InChI is InChI=1S/C14H18N2O2S/c1-4-11(9-15)16-14(17)10(2)19-13-7-5-12(18-3)6-8-13/h5-8,10-11H,4H2,1-3H3,(H,16,17)/t10-,11-/m1/s1. The van der Waals surface area contributed by atoms with Crippen LogP contribution in [0.1, 0.15) is 20.3 Å². The monoisotopic (exact) mass is 278 g/mol. The largest absolute Gasteiger partial charge is 0.497 e. The van der Waals surface area contributed by atoms with E-state index in [0.29, 0.717) is 6.42 Å². The first kappa shape index (κ1) is 15.4. The summed E-state index contributed by atoms with van der Waals surface area (Å²) in [7, 11) is 1.62. The summed E-state index contributed by atoms with van der Waals surface area (Å²) in [6.45, 7) is 3.70. The molecule has 0 spiro atoms. The predicted molar refractivity (Wildman–Crippen MR) is 76.1 cm³/mol. The Balaban J connectivity index is 2.56. The number of hydrogen-bond donors (Lipinski definition) is 1. The number of methoxy groups -OCH3 is 1. The highest BCUT2D eigenvalue weighted by Crippen LogP contribution is 2.25. The smallest absolute Gasteiger partial charge is 0.234 e. The Kier molecular flexibility index (Phi) is 6.23. The normalized spacial score (nSPS) is 13.2. The molecular formula is C14H18N2O2S. The number of hydrogen-bond acceptors (Lipinski definition) is 4. The van der Waals surface area contributed by atoms with Crippen LogP contribution in [0.3, 0.4) is 0 Å². The summed E-state index contributed by atoms with van der Waals surface area (Å²) in [5, 5.41) is 11.3. The number of rotatable bonds is 6. The van der Waals surface area contributed by atoms with Gasteiger partial charge in [0.05, 0.1) is 18.4 Å². The quantitative estimate of drug-likeness (QED) is 0.812. The molecule has 1 amide bonds. The van der Waals surface area contributed by atoms with Crippen LogP contribution in [0.5, 0.6) is 5.75 Å². The summed E-state index contributed by atoms with van der Waals surface area (Å²) in [4.78, 5) is 12.9. The van der Waals surface area contributed by atoms with Crippen LogP contribution >= 0.6 is 11.8 Å². The molecule has 0 aliphatic heterocycles. The summed E-state index contributed by atoms with van der Waals surface area (Å²) in [6.07, 6.45) is 0.613. The number of carbonyl (C=O) groups is 1. The molecule has 0 bridgehead atoms. The predicted octanol–water partition coefficient (Wildman–Crippen LogP) is 2.59. The van der Waals surface area contributed by atoms with Crippen molar-refractivity contribution in [3.05, 3.63) is 24.3 Å². The van der Waals surface area contributed by atoms with Crippen molar-refractivity contribution in [2.75, 3.05) is 7.11 Å². The second-order valence-corrected chi connectivity index (χ2v) is 5.45. The number of carbonyl (C=O) groups excluding carboxylic acids is 1. The van der Waals surface area contributed by atoms with Crippen molar-refractivity contribution in [3.63, 3.8) is 0 Å². The lowest BCUT2D eigenvalue weighted by Crippen LogP contribution is -2.38. The maximum Gasteiger partial charge on any atom is 0.234 e. The zero-order valence-corrected chi connectivity index (χ0v) is 12.2. The molecule has 1 aromatic rings. The lowest BCUT2D eigenvalue weighted by Gasteiger charge is -2.14. The summed E-state index contributed by atoms with van der Waals surface area (Å²) < 4.78 is 5.08. The Labute approximate surface area is 118 Å². The third kappa shape index (κ3) is 4.84. The van der Waals surface area contributed by atoms with Gasteiger partial charge in [-0.05, 0) is 37.6 Å². The molecule has 0 aliphatic carbocycles. The van der Waals surface area contributed by atoms with E-state index >= 15 is 0 Å². The van der Waals surface area contributed by atoms with Gasteiger partial charge in [0, 0.05) is 4.90 Å². The molecule has 2 atom stereocenters. The highest BCUT2D eigenvalue weighted by Gasteiger charge is 2.17. The van der Waals surface area contributed by atoms with Crippen LogP contribution in [-0.2, 0) is 4.79 Å². The number of thioether (sulfide) groups is 1. The average molecular weight is 278 g/mol. The first-order valence-corrected chi connectivity index (χ1v) is 6.99. The second kappa shape index (κ2) is 7.70. The number of amides is 1. The Morgan fingerprint density at radius 1 is 1.47 bits per heavy atom. The van der Waals surface area contributed by atoms with Crippen molar-refractivity contribution in [1.82, 2.24) is 5.32 Å². The molecule has 0 heterocycles. The summed E-state index contributed by atoms with van der Waals surface area (Å²) in [5.74, 6) is 0.672. The molecule has 1 N–H and O–H groups in total. The summed E-state index contributed by atoms with van der Waals surface area (Å²) >= 11 is 1.46. The van der Waals surface area contributed by atoms with E-state index in [9.17, 15) is 4.79 Å². The van der Waals surface area contributed by atoms with Crippen LogP contribution in [0, 0.1) is 11.3 Å². The van der Waals surface area contributed by atoms with Crippen LogP contribution in [0.4, 0.5) is 0 Å². The lowest BCUT2D eigenvalue weighted by atomic mass is 10.2. The van der Waals surface area contributed by atoms with Gasteiger partial charge < -0.3 is 10.1 Å². The fraction of sp³-hybridized carbons (Fsp3) is 0.429. The first-order chi connectivity index (χ1) is 9.10. The molecule has 0 unspecified atom stereocenters. The van der Waals surface area contributed by atoms with Crippen LogP contribution in [0.15, 0.2) is 29.2 Å². The number of nitriles is 1. The molecule has 0 aliphatic rings. The van der Waals surface area contributed by atoms with E-state index in [2.05, 4.69) is 11.4 Å². The molecule has 5 heteroatoms. The molecule has 19 heavy (non-hydrogen) atoms. The van der Waals surface area contributed by atoms with Crippen molar-refractivity contribution in [1.29, 1.82) is 5.26 Å². The molecule has 0 saturated carbocycles. The van der Waals surface area contributed by atoms with E-state index in [1.807, 2.05) is 38.1 Å². The van der Waals surface area contributed by atoms with Crippen molar-refractivity contribution in [2.24, 2.45) is 0 Å². The Hall–Kier alpha value is -1.67. The van der Waals surface area contributed by atoms with Crippen molar-refractivity contribution in [3.8, 4) is 11.8 Å². The molecule has 1 aromatic carbocycles. The Morgan fingerprint density at radius 3 is 2.58 bits per heavy atom. The molecular weight excluding hydrogens is 260 g/mol. The molecule has 1 rings (SSSR count). The number of benzene rings is 1. The van der Waals surface area contributed by atoms with Gasteiger partial charge in [0.25, 0.3) is 0 Å². The number of nitrogens with one attached hydrogen (secondary N) is 1. The van der Waals surface area contributed by atoms with Gasteiger partial charge in [0.2, 0.25) is 5.91 Å². The topological polar surface area (TPSA) is 62.1 Å². The molecule has 102 valence electrons. The van der Waals surface area contributed by atoms with Crippen molar-refractivity contribution in [2.45, 2.75) is 36.5 Å². The molecule has 0 radical (unpaired) electrons. The van der Waals surface area contributed by atoms with Crippen LogP contribution in [0.2, 0.25) is 0 Å². The summed E-state index contributed by atoms with van der Waals surface area (Å²) in [5.41, 5.74) is 0. The van der Waals surface area contributed by atoms with E-state index in [1.54, 1.807) is 7.11 Å². The minimum absolute atomic E-state index is 0.116. The number of ether oxygens (including phenoxy) is 1. The van der Waals surface area contributed by atoms with E-state index in [4.69, 9.17) is 10.00 Å². The van der Waals surface area contributed by atoms with Gasteiger partial charge in [-0.2, -0.15) is 5.26 Å². The fourth-order valence-electron chi connectivity index (χ4n) is 1.43. The van der Waals surface area contributed by atoms with Gasteiger partial charge in [0.15, 0.2) is 0 Å². The van der Waals surface area contributed by atoms with Crippen LogP contribution in [0.25, 0.3) is 0 Å². The van der Waals surface area contributed by atoms with Crippen molar-refractivity contribution < 1.29 is 9.53 Å². The number of nitrogens with zero attached hydrogens (tertiary/aromatic N) is 1. The highest BCUT2D eigenvalue weighted by atomic mass is 32.2. The highest BCUT2D eigenvalue weighted by molar-refractivity contribution is 8.00. The first-order valence-electron chi connectivity index (χ1n) is 6.11. The Bertz CT molecular complexity index is 454. The van der Waals surface area contributed by atoms with Gasteiger partial charge in [-0.3, -0.25) is 4.79 Å². The minimum atomic E-state index is -0.411. The van der Waals surface area contributed by atoms with E-state index in [-0.39, 0.29) is 11.2 Å². The van der Waals surface area contributed by atoms with Gasteiger partial charge in [-0.15, -0.1) is 11.8 Å². The maximum atomic E-state index is 11.9. The zero-order chi connectivity index (χ0) is 14.3. The van der Waals surface area contributed by atoms with Gasteiger partial charge in [0.1, 0.15) is 11.8 Å². The Morgan fingerprint density at radius 2 is 2.11 bits per heavy atom. The average Bonchev–Trinajstić information content (AvgIpc) is 2.45. The van der Waals surface area contributed by atoms with E-state index in [0.717, 1.165) is 10.6 Å². The van der Waals surface area contributed by atoms with E-state index < -0.39 is 6.04 Å².